The lowest BCUT2D eigenvalue weighted by Crippen LogP contribution is -2.42. The number of halogens is 1. The molecule has 26 heavy (non-hydrogen) atoms. The first kappa shape index (κ1) is 18.1. The van der Waals surface area contributed by atoms with E-state index in [0.29, 0.717) is 26.1 Å². The Morgan fingerprint density at radius 1 is 1.27 bits per heavy atom. The van der Waals surface area contributed by atoms with Crippen LogP contribution in [0.3, 0.4) is 0 Å². The van der Waals surface area contributed by atoms with Gasteiger partial charge in [-0.05, 0) is 44.2 Å². The molecule has 0 unspecified atom stereocenters. The Morgan fingerprint density at radius 3 is 2.62 bits per heavy atom. The highest BCUT2D eigenvalue weighted by atomic mass is 35.5. The molecule has 1 N–H and O–H groups in total. The zero-order chi connectivity index (χ0) is 18.9. The maximum atomic E-state index is 12.6. The summed E-state index contributed by atoms with van der Waals surface area (Å²) in [5.41, 5.74) is -0.602. The van der Waals surface area contributed by atoms with Gasteiger partial charge in [0, 0.05) is 17.2 Å². The van der Waals surface area contributed by atoms with E-state index in [2.05, 4.69) is 10.3 Å². The fourth-order valence-electron chi connectivity index (χ4n) is 2.17. The van der Waals surface area contributed by atoms with Crippen LogP contribution in [0.15, 0.2) is 42.5 Å². The number of anilines is 1. The zero-order valence-corrected chi connectivity index (χ0v) is 15.4. The number of non-ortho nitro benzene ring substituents is 1. The number of carbonyl (C=O) groups is 1. The third-order valence-electron chi connectivity index (χ3n) is 3.54. The molecular weight excluding hydrogens is 378 g/mol. The Kier molecular flexibility index (Phi) is 4.80. The Morgan fingerprint density at radius 2 is 1.96 bits per heavy atom. The van der Waals surface area contributed by atoms with E-state index in [0.717, 1.165) is 11.3 Å². The Labute approximate surface area is 157 Å². The van der Waals surface area contributed by atoms with Gasteiger partial charge in [-0.1, -0.05) is 22.9 Å². The van der Waals surface area contributed by atoms with E-state index >= 15 is 0 Å². The first-order chi connectivity index (χ1) is 12.2. The quantitative estimate of drug-likeness (QED) is 0.504. The normalized spacial score (nSPS) is 11.3. The molecule has 0 fully saturated rings. The number of nitro benzene ring substituents is 1. The van der Waals surface area contributed by atoms with Gasteiger partial charge in [0.05, 0.1) is 15.1 Å². The fraction of sp³-hybridized carbons (Fsp3) is 0.176. The maximum absolute atomic E-state index is 12.6. The predicted molar refractivity (Wildman–Crippen MR) is 101 cm³/mol. The van der Waals surface area contributed by atoms with Crippen molar-refractivity contribution >= 4 is 49.9 Å². The fourth-order valence-corrected chi connectivity index (χ4v) is 3.19. The second-order valence-corrected chi connectivity index (χ2v) is 7.42. The van der Waals surface area contributed by atoms with Crippen molar-refractivity contribution in [1.29, 1.82) is 0 Å². The number of thiazole rings is 1. The molecule has 1 amide bonds. The number of amides is 1. The average Bonchev–Trinajstić information content (AvgIpc) is 2.98. The standard InChI is InChI=1S/C17H14ClN3O4S/c1-17(2,25-12-6-3-10(18)4-7-12)15(22)20-16-19-13-8-5-11(21(23)24)9-14(13)26-16/h3-9H,1-2H3,(H,19,20,22). The summed E-state index contributed by atoms with van der Waals surface area (Å²) in [7, 11) is 0. The highest BCUT2D eigenvalue weighted by Gasteiger charge is 2.31. The van der Waals surface area contributed by atoms with Gasteiger partial charge in [0.25, 0.3) is 11.6 Å². The molecular formula is C17H14ClN3O4S. The van der Waals surface area contributed by atoms with E-state index in [4.69, 9.17) is 16.3 Å². The number of nitrogens with zero attached hydrogens (tertiary/aromatic N) is 2. The van der Waals surface area contributed by atoms with Gasteiger partial charge in [-0.2, -0.15) is 0 Å². The van der Waals surface area contributed by atoms with Crippen molar-refractivity contribution in [3.05, 3.63) is 57.6 Å². The third-order valence-corrected chi connectivity index (χ3v) is 4.72. The SMILES string of the molecule is CC(C)(Oc1ccc(Cl)cc1)C(=O)Nc1nc2ccc([N+](=O)[O-])cc2s1. The topological polar surface area (TPSA) is 94.4 Å². The molecule has 3 rings (SSSR count). The predicted octanol–water partition coefficient (Wildman–Crippen LogP) is 4.65. The van der Waals surface area contributed by atoms with Crippen molar-refractivity contribution in [3.63, 3.8) is 0 Å². The van der Waals surface area contributed by atoms with Crippen LogP contribution in [0.4, 0.5) is 10.8 Å². The van der Waals surface area contributed by atoms with Crippen LogP contribution < -0.4 is 10.1 Å². The first-order valence-corrected chi connectivity index (χ1v) is 8.75. The summed E-state index contributed by atoms with van der Waals surface area (Å²) in [5, 5.41) is 14.5. The second-order valence-electron chi connectivity index (χ2n) is 5.95. The lowest BCUT2D eigenvalue weighted by Gasteiger charge is -2.24. The van der Waals surface area contributed by atoms with Crippen LogP contribution in [0.2, 0.25) is 5.02 Å². The molecule has 0 bridgehead atoms. The molecule has 134 valence electrons. The summed E-state index contributed by atoms with van der Waals surface area (Å²) in [5.74, 6) is 0.121. The van der Waals surface area contributed by atoms with E-state index < -0.39 is 10.5 Å². The minimum absolute atomic E-state index is 0.0228. The molecule has 1 aromatic heterocycles. The van der Waals surface area contributed by atoms with E-state index in [-0.39, 0.29) is 11.6 Å². The van der Waals surface area contributed by atoms with E-state index in [1.807, 2.05) is 0 Å². The van der Waals surface area contributed by atoms with E-state index in [1.54, 1.807) is 44.2 Å². The van der Waals surface area contributed by atoms with Crippen LogP contribution in [0.5, 0.6) is 5.75 Å². The van der Waals surface area contributed by atoms with Crippen LogP contribution in [-0.2, 0) is 4.79 Å². The number of ether oxygens (including phenoxy) is 1. The smallest absolute Gasteiger partial charge is 0.270 e. The van der Waals surface area contributed by atoms with Gasteiger partial charge in [0.15, 0.2) is 10.7 Å². The maximum Gasteiger partial charge on any atom is 0.270 e. The number of carbonyl (C=O) groups excluding carboxylic acids is 1. The molecule has 0 spiro atoms. The van der Waals surface area contributed by atoms with Gasteiger partial charge >= 0.3 is 0 Å². The number of nitrogens with one attached hydrogen (secondary N) is 1. The Hall–Kier alpha value is -2.71. The summed E-state index contributed by atoms with van der Waals surface area (Å²) >= 11 is 7.00. The van der Waals surface area contributed by atoms with Crippen LogP contribution in [0, 0.1) is 10.1 Å². The molecule has 0 atom stereocenters. The van der Waals surface area contributed by atoms with Gasteiger partial charge in [-0.3, -0.25) is 20.2 Å². The van der Waals surface area contributed by atoms with Crippen molar-refractivity contribution in [3.8, 4) is 5.75 Å². The number of aromatic nitrogens is 1. The van der Waals surface area contributed by atoms with Crippen molar-refractivity contribution in [2.24, 2.45) is 0 Å². The van der Waals surface area contributed by atoms with Crippen molar-refractivity contribution < 1.29 is 14.5 Å². The molecule has 0 aliphatic rings. The van der Waals surface area contributed by atoms with Gasteiger partial charge in [0.2, 0.25) is 0 Å². The van der Waals surface area contributed by atoms with E-state index in [1.165, 1.54) is 12.1 Å². The van der Waals surface area contributed by atoms with Crippen molar-refractivity contribution in [1.82, 2.24) is 4.98 Å². The minimum atomic E-state index is -1.16. The summed E-state index contributed by atoms with van der Waals surface area (Å²) in [6, 6.07) is 11.0. The monoisotopic (exact) mass is 391 g/mol. The van der Waals surface area contributed by atoms with Gasteiger partial charge in [-0.15, -0.1) is 0 Å². The minimum Gasteiger partial charge on any atom is -0.478 e. The van der Waals surface area contributed by atoms with Crippen molar-refractivity contribution in [2.45, 2.75) is 19.4 Å². The molecule has 0 aliphatic heterocycles. The van der Waals surface area contributed by atoms with Crippen LogP contribution in [0.25, 0.3) is 10.2 Å². The summed E-state index contributed by atoms with van der Waals surface area (Å²) in [6.45, 7) is 3.27. The molecule has 3 aromatic rings. The molecule has 0 aliphatic carbocycles. The van der Waals surface area contributed by atoms with Gasteiger partial charge < -0.3 is 4.74 Å². The van der Waals surface area contributed by atoms with Gasteiger partial charge in [-0.25, -0.2) is 4.98 Å². The summed E-state index contributed by atoms with van der Waals surface area (Å²) in [6.07, 6.45) is 0. The third kappa shape index (κ3) is 3.92. The van der Waals surface area contributed by atoms with E-state index in [9.17, 15) is 14.9 Å². The zero-order valence-electron chi connectivity index (χ0n) is 13.9. The van der Waals surface area contributed by atoms with Crippen LogP contribution >= 0.6 is 22.9 Å². The molecule has 2 aromatic carbocycles. The average molecular weight is 392 g/mol. The van der Waals surface area contributed by atoms with Crippen LogP contribution in [-0.4, -0.2) is 21.4 Å². The second kappa shape index (κ2) is 6.89. The molecule has 0 radical (unpaired) electrons. The largest absolute Gasteiger partial charge is 0.478 e. The lowest BCUT2D eigenvalue weighted by molar-refractivity contribution is -0.384. The molecule has 1 heterocycles. The molecule has 7 nitrogen and oxygen atoms in total. The van der Waals surface area contributed by atoms with Gasteiger partial charge in [0.1, 0.15) is 5.75 Å². The molecule has 0 saturated heterocycles. The Balaban J connectivity index is 1.76. The van der Waals surface area contributed by atoms with Crippen LogP contribution in [0.1, 0.15) is 13.8 Å². The first-order valence-electron chi connectivity index (χ1n) is 7.55. The lowest BCUT2D eigenvalue weighted by atomic mass is 10.1. The Bertz CT molecular complexity index is 985. The molecule has 0 saturated carbocycles. The highest BCUT2D eigenvalue weighted by Crippen LogP contribution is 2.30. The highest BCUT2D eigenvalue weighted by molar-refractivity contribution is 7.22. The number of fused-ring (bicyclic) bond motifs is 1. The number of hydrogen-bond acceptors (Lipinski definition) is 6. The number of nitro groups is 1. The number of rotatable bonds is 5. The van der Waals surface area contributed by atoms with Crippen molar-refractivity contribution in [2.75, 3.05) is 5.32 Å². The molecule has 9 heteroatoms. The number of hydrogen-bond donors (Lipinski definition) is 1. The summed E-state index contributed by atoms with van der Waals surface area (Å²) in [4.78, 5) is 27.2. The summed E-state index contributed by atoms with van der Waals surface area (Å²) < 4.78 is 6.35. The number of benzene rings is 2.